The van der Waals surface area contributed by atoms with Gasteiger partial charge in [0, 0.05) is 25.4 Å². The van der Waals surface area contributed by atoms with Crippen molar-refractivity contribution in [3.63, 3.8) is 0 Å². The van der Waals surface area contributed by atoms with E-state index in [1.54, 1.807) is 4.90 Å². The van der Waals surface area contributed by atoms with Crippen LogP contribution in [0.4, 0.5) is 4.79 Å². The zero-order valence-electron chi connectivity index (χ0n) is 11.2. The molecule has 0 radical (unpaired) electrons. The number of nitrogens with one attached hydrogen (secondary N) is 1. The number of carbonyl (C=O) groups excluding carboxylic acids is 2. The molecule has 104 valence electrons. The van der Waals surface area contributed by atoms with E-state index in [-0.39, 0.29) is 11.9 Å². The predicted molar refractivity (Wildman–Crippen MR) is 69.7 cm³/mol. The molecule has 0 spiro atoms. The number of hydrogen-bond acceptors (Lipinski definition) is 3. The number of amides is 2. The maximum Gasteiger partial charge on any atom is 0.407 e. The summed E-state index contributed by atoms with van der Waals surface area (Å²) in [6, 6.07) is -0.0286. The molecule has 2 amide bonds. The number of hydrogen-bond donors (Lipinski definition) is 1. The molecule has 1 aliphatic rings. The van der Waals surface area contributed by atoms with Crippen molar-refractivity contribution in [3.8, 4) is 0 Å². The molecule has 1 fully saturated rings. The van der Waals surface area contributed by atoms with Gasteiger partial charge in [0.1, 0.15) is 5.60 Å². The van der Waals surface area contributed by atoms with Gasteiger partial charge in [-0.2, -0.15) is 0 Å². The van der Waals surface area contributed by atoms with Gasteiger partial charge >= 0.3 is 6.09 Å². The second-order valence-corrected chi connectivity index (χ2v) is 5.79. The number of carbonyl (C=O) groups is 2. The van der Waals surface area contributed by atoms with Gasteiger partial charge in [0.2, 0.25) is 5.91 Å². The fraction of sp³-hybridized carbons (Fsp3) is 0.833. The van der Waals surface area contributed by atoms with Crippen LogP contribution in [-0.4, -0.2) is 47.5 Å². The van der Waals surface area contributed by atoms with Gasteiger partial charge < -0.3 is 15.0 Å². The van der Waals surface area contributed by atoms with E-state index in [0.717, 1.165) is 6.42 Å². The quantitative estimate of drug-likeness (QED) is 0.799. The number of ether oxygens (including phenoxy) is 1. The van der Waals surface area contributed by atoms with E-state index in [4.69, 9.17) is 16.3 Å². The van der Waals surface area contributed by atoms with E-state index < -0.39 is 11.7 Å². The predicted octanol–water partition coefficient (Wildman–Crippen LogP) is 1.74. The van der Waals surface area contributed by atoms with Gasteiger partial charge in [0.25, 0.3) is 0 Å². The molecule has 5 nitrogen and oxygen atoms in total. The molecule has 6 heteroatoms. The summed E-state index contributed by atoms with van der Waals surface area (Å²) in [4.78, 5) is 24.9. The second kappa shape index (κ2) is 6.27. The van der Waals surface area contributed by atoms with Crippen LogP contribution in [0.2, 0.25) is 0 Å². The average molecular weight is 277 g/mol. The number of rotatable bonds is 3. The summed E-state index contributed by atoms with van der Waals surface area (Å²) in [6.07, 6.45) is 0.674. The lowest BCUT2D eigenvalue weighted by Crippen LogP contribution is -2.41. The summed E-state index contributed by atoms with van der Waals surface area (Å²) in [6.45, 7) is 6.65. The average Bonchev–Trinajstić information content (AvgIpc) is 2.63. The normalized spacial score (nSPS) is 19.8. The van der Waals surface area contributed by atoms with Crippen molar-refractivity contribution in [2.75, 3.05) is 19.0 Å². The van der Waals surface area contributed by atoms with E-state index in [2.05, 4.69) is 5.32 Å². The molecule has 0 unspecified atom stereocenters. The summed E-state index contributed by atoms with van der Waals surface area (Å²) >= 11 is 5.53. The summed E-state index contributed by atoms with van der Waals surface area (Å²) < 4.78 is 5.17. The Balaban J connectivity index is 2.34. The maximum absolute atomic E-state index is 11.6. The monoisotopic (exact) mass is 276 g/mol. The molecule has 0 aliphatic carbocycles. The molecule has 1 heterocycles. The van der Waals surface area contributed by atoms with E-state index in [9.17, 15) is 9.59 Å². The lowest BCUT2D eigenvalue weighted by molar-refractivity contribution is -0.129. The fourth-order valence-electron chi connectivity index (χ4n) is 1.82. The highest BCUT2D eigenvalue weighted by Gasteiger charge is 2.28. The summed E-state index contributed by atoms with van der Waals surface area (Å²) in [5, 5.41) is 2.77. The third kappa shape index (κ3) is 5.12. The molecule has 0 aromatic heterocycles. The van der Waals surface area contributed by atoms with Crippen LogP contribution < -0.4 is 5.32 Å². The van der Waals surface area contributed by atoms with E-state index >= 15 is 0 Å². The van der Waals surface area contributed by atoms with Crippen molar-refractivity contribution in [1.29, 1.82) is 0 Å². The first kappa shape index (κ1) is 15.1. The number of alkyl halides is 1. The minimum Gasteiger partial charge on any atom is -0.444 e. The van der Waals surface area contributed by atoms with Gasteiger partial charge in [-0.15, -0.1) is 11.6 Å². The van der Waals surface area contributed by atoms with Crippen molar-refractivity contribution in [3.05, 3.63) is 0 Å². The van der Waals surface area contributed by atoms with Crippen LogP contribution in [0.1, 0.15) is 33.6 Å². The van der Waals surface area contributed by atoms with E-state index in [0.29, 0.717) is 25.4 Å². The van der Waals surface area contributed by atoms with Crippen LogP contribution in [0.3, 0.4) is 0 Å². The highest BCUT2D eigenvalue weighted by molar-refractivity contribution is 6.18. The summed E-state index contributed by atoms with van der Waals surface area (Å²) in [7, 11) is 0. The molecule has 1 saturated heterocycles. The molecule has 0 saturated carbocycles. The van der Waals surface area contributed by atoms with Crippen LogP contribution in [0.5, 0.6) is 0 Å². The zero-order valence-corrected chi connectivity index (χ0v) is 11.9. The van der Waals surface area contributed by atoms with Crippen molar-refractivity contribution in [2.24, 2.45) is 0 Å². The molecule has 0 aromatic carbocycles. The minimum absolute atomic E-state index is 0.0286. The second-order valence-electron chi connectivity index (χ2n) is 5.41. The lowest BCUT2D eigenvalue weighted by Gasteiger charge is -2.22. The van der Waals surface area contributed by atoms with Gasteiger partial charge in [-0.25, -0.2) is 4.79 Å². The topological polar surface area (TPSA) is 58.6 Å². The van der Waals surface area contributed by atoms with E-state index in [1.807, 2.05) is 20.8 Å². The molecule has 1 atom stereocenters. The van der Waals surface area contributed by atoms with E-state index in [1.165, 1.54) is 0 Å². The Morgan fingerprint density at radius 2 is 2.11 bits per heavy atom. The van der Waals surface area contributed by atoms with Gasteiger partial charge in [-0.3, -0.25) is 4.79 Å². The smallest absolute Gasteiger partial charge is 0.407 e. The third-order valence-electron chi connectivity index (χ3n) is 2.57. The highest BCUT2D eigenvalue weighted by atomic mass is 35.5. The van der Waals surface area contributed by atoms with Gasteiger partial charge in [-0.05, 0) is 27.2 Å². The fourth-order valence-corrected chi connectivity index (χ4v) is 1.98. The number of halogens is 1. The summed E-state index contributed by atoms with van der Waals surface area (Å²) in [5.74, 6) is 0.373. The molecule has 1 aliphatic heterocycles. The Bertz CT molecular complexity index is 315. The lowest BCUT2D eigenvalue weighted by atomic mass is 10.2. The number of alkyl carbamates (subject to hydrolysis) is 1. The molecular formula is C12H21ClN2O3. The summed E-state index contributed by atoms with van der Waals surface area (Å²) in [5.41, 5.74) is -0.503. The Kier molecular flexibility index (Phi) is 5.26. The maximum atomic E-state index is 11.6. The number of nitrogens with zero attached hydrogens (tertiary/aromatic N) is 1. The molecule has 1 N–H and O–H groups in total. The first-order chi connectivity index (χ1) is 8.31. The highest BCUT2D eigenvalue weighted by Crippen LogP contribution is 2.12. The Morgan fingerprint density at radius 3 is 2.67 bits per heavy atom. The first-order valence-corrected chi connectivity index (χ1v) is 6.68. The molecule has 1 rings (SSSR count). The Morgan fingerprint density at radius 1 is 1.44 bits per heavy atom. The zero-order chi connectivity index (χ0) is 13.8. The molecule has 0 bridgehead atoms. The molecule has 0 aromatic rings. The van der Waals surface area contributed by atoms with Crippen LogP contribution in [0.15, 0.2) is 0 Å². The minimum atomic E-state index is -0.503. The van der Waals surface area contributed by atoms with Gasteiger partial charge in [-0.1, -0.05) is 0 Å². The first-order valence-electron chi connectivity index (χ1n) is 6.15. The Hall–Kier alpha value is -0.970. The molecule has 18 heavy (non-hydrogen) atoms. The van der Waals surface area contributed by atoms with Crippen LogP contribution in [0, 0.1) is 0 Å². The Labute approximate surface area is 113 Å². The molecular weight excluding hydrogens is 256 g/mol. The van der Waals surface area contributed by atoms with Gasteiger partial charge in [0.15, 0.2) is 0 Å². The van der Waals surface area contributed by atoms with Crippen LogP contribution in [-0.2, 0) is 9.53 Å². The standard InChI is InChI=1S/C12H21ClN2O3/c1-12(2,3)18-11(17)14-9-5-7-15(8-9)10(16)4-6-13/h9H,4-8H2,1-3H3,(H,14,17)/t9-/m0/s1. The largest absolute Gasteiger partial charge is 0.444 e. The van der Waals surface area contributed by atoms with Crippen molar-refractivity contribution in [1.82, 2.24) is 10.2 Å². The van der Waals surface area contributed by atoms with Crippen LogP contribution in [0.25, 0.3) is 0 Å². The van der Waals surface area contributed by atoms with Crippen molar-refractivity contribution < 1.29 is 14.3 Å². The SMILES string of the molecule is CC(C)(C)OC(=O)N[C@H]1CCN(C(=O)CCCl)C1. The van der Waals surface area contributed by atoms with Crippen molar-refractivity contribution in [2.45, 2.75) is 45.3 Å². The van der Waals surface area contributed by atoms with Crippen molar-refractivity contribution >= 4 is 23.6 Å². The third-order valence-corrected chi connectivity index (χ3v) is 2.76. The number of likely N-dealkylation sites (tertiary alicyclic amines) is 1. The van der Waals surface area contributed by atoms with Crippen LogP contribution >= 0.6 is 11.6 Å². The van der Waals surface area contributed by atoms with Gasteiger partial charge in [0.05, 0.1) is 6.04 Å².